The van der Waals surface area contributed by atoms with Crippen molar-refractivity contribution in [3.63, 3.8) is 0 Å². The number of carbonyl (C=O) groups excluding carboxylic acids is 1. The van der Waals surface area contributed by atoms with E-state index in [9.17, 15) is 4.79 Å². The minimum Gasteiger partial charge on any atom is -0.399 e. The molecule has 18 heavy (non-hydrogen) atoms. The third-order valence-electron chi connectivity index (χ3n) is 3.71. The Hall–Kier alpha value is -1.35. The molecule has 0 amide bonds. The predicted octanol–water partition coefficient (Wildman–Crippen LogP) is 2.76. The summed E-state index contributed by atoms with van der Waals surface area (Å²) < 4.78 is 0. The molecule has 0 bridgehead atoms. The van der Waals surface area contributed by atoms with Crippen LogP contribution in [0.4, 0.5) is 5.69 Å². The number of benzene rings is 1. The van der Waals surface area contributed by atoms with Gasteiger partial charge in [-0.1, -0.05) is 19.8 Å². The SMILES string of the molecule is CCC(NC1CCCC1)C(=O)c1ccc(N)cc1. The molecular weight excluding hydrogens is 224 g/mol. The first-order valence-electron chi connectivity index (χ1n) is 6.86. The van der Waals surface area contributed by atoms with Gasteiger partial charge in [-0.15, -0.1) is 0 Å². The van der Waals surface area contributed by atoms with E-state index in [2.05, 4.69) is 12.2 Å². The predicted molar refractivity (Wildman–Crippen MR) is 74.7 cm³/mol. The molecule has 1 saturated carbocycles. The number of carbonyl (C=O) groups is 1. The standard InChI is InChI=1S/C15H22N2O/c1-2-14(17-13-5-3-4-6-13)15(18)11-7-9-12(16)10-8-11/h7-10,13-14,17H,2-6,16H2,1H3. The Morgan fingerprint density at radius 2 is 1.94 bits per heavy atom. The third-order valence-corrected chi connectivity index (χ3v) is 3.71. The van der Waals surface area contributed by atoms with Gasteiger partial charge in [-0.05, 0) is 43.5 Å². The molecule has 1 aromatic rings. The zero-order valence-corrected chi connectivity index (χ0v) is 11.0. The highest BCUT2D eigenvalue weighted by Gasteiger charge is 2.23. The van der Waals surface area contributed by atoms with Crippen molar-refractivity contribution in [2.24, 2.45) is 0 Å². The maximum absolute atomic E-state index is 12.4. The number of hydrogen-bond donors (Lipinski definition) is 2. The molecule has 1 aromatic carbocycles. The molecule has 1 aliphatic carbocycles. The average Bonchev–Trinajstić information content (AvgIpc) is 2.89. The van der Waals surface area contributed by atoms with Gasteiger partial charge < -0.3 is 11.1 Å². The largest absolute Gasteiger partial charge is 0.399 e. The minimum atomic E-state index is -0.0586. The topological polar surface area (TPSA) is 55.1 Å². The minimum absolute atomic E-state index is 0.0586. The first-order valence-corrected chi connectivity index (χ1v) is 6.86. The lowest BCUT2D eigenvalue weighted by atomic mass is 10.0. The van der Waals surface area contributed by atoms with Gasteiger partial charge in [0, 0.05) is 17.3 Å². The van der Waals surface area contributed by atoms with E-state index < -0.39 is 0 Å². The smallest absolute Gasteiger partial charge is 0.179 e. The van der Waals surface area contributed by atoms with Crippen molar-refractivity contribution >= 4 is 11.5 Å². The highest BCUT2D eigenvalue weighted by Crippen LogP contribution is 2.19. The van der Waals surface area contributed by atoms with E-state index in [1.165, 1.54) is 25.7 Å². The van der Waals surface area contributed by atoms with Crippen LogP contribution in [0, 0.1) is 0 Å². The number of hydrogen-bond acceptors (Lipinski definition) is 3. The number of nitrogens with one attached hydrogen (secondary N) is 1. The summed E-state index contributed by atoms with van der Waals surface area (Å²) >= 11 is 0. The molecule has 2 rings (SSSR count). The van der Waals surface area contributed by atoms with Gasteiger partial charge in [-0.3, -0.25) is 4.79 Å². The molecule has 0 saturated heterocycles. The molecule has 98 valence electrons. The Bertz CT molecular complexity index is 393. The van der Waals surface area contributed by atoms with Gasteiger partial charge in [-0.25, -0.2) is 0 Å². The summed E-state index contributed by atoms with van der Waals surface area (Å²) in [5, 5.41) is 3.50. The van der Waals surface area contributed by atoms with Crippen LogP contribution in [0.1, 0.15) is 49.4 Å². The quantitative estimate of drug-likeness (QED) is 0.620. The monoisotopic (exact) mass is 246 g/mol. The van der Waals surface area contributed by atoms with E-state index in [0.29, 0.717) is 11.7 Å². The number of ketones is 1. The molecule has 3 nitrogen and oxygen atoms in total. The molecule has 0 heterocycles. The lowest BCUT2D eigenvalue weighted by molar-refractivity contribution is 0.0933. The lowest BCUT2D eigenvalue weighted by Crippen LogP contribution is -2.41. The van der Waals surface area contributed by atoms with E-state index in [1.54, 1.807) is 12.1 Å². The summed E-state index contributed by atoms with van der Waals surface area (Å²) in [6, 6.07) is 7.67. The van der Waals surface area contributed by atoms with E-state index in [1.807, 2.05) is 12.1 Å². The van der Waals surface area contributed by atoms with Gasteiger partial charge in [0.05, 0.1) is 6.04 Å². The van der Waals surface area contributed by atoms with E-state index >= 15 is 0 Å². The van der Waals surface area contributed by atoms with Crippen LogP contribution in [0.25, 0.3) is 0 Å². The molecule has 3 N–H and O–H groups in total. The van der Waals surface area contributed by atoms with Crippen molar-refractivity contribution in [3.05, 3.63) is 29.8 Å². The molecule has 0 aliphatic heterocycles. The molecular formula is C15H22N2O. The second kappa shape index (κ2) is 6.01. The van der Waals surface area contributed by atoms with Crippen LogP contribution >= 0.6 is 0 Å². The zero-order chi connectivity index (χ0) is 13.0. The van der Waals surface area contributed by atoms with Crippen molar-refractivity contribution in [2.75, 3.05) is 5.73 Å². The summed E-state index contributed by atoms with van der Waals surface area (Å²) in [4.78, 5) is 12.4. The van der Waals surface area contributed by atoms with E-state index in [-0.39, 0.29) is 11.8 Å². The molecule has 1 atom stereocenters. The third kappa shape index (κ3) is 3.10. The highest BCUT2D eigenvalue weighted by molar-refractivity contribution is 6.00. The number of nitrogen functional groups attached to an aromatic ring is 1. The van der Waals surface area contributed by atoms with Crippen molar-refractivity contribution in [1.29, 1.82) is 0 Å². The van der Waals surface area contributed by atoms with Crippen LogP contribution < -0.4 is 11.1 Å². The molecule has 0 aromatic heterocycles. The molecule has 1 unspecified atom stereocenters. The first kappa shape index (κ1) is 13.1. The van der Waals surface area contributed by atoms with Crippen LogP contribution in [0.2, 0.25) is 0 Å². The fourth-order valence-corrected chi connectivity index (χ4v) is 2.60. The van der Waals surface area contributed by atoms with E-state index in [4.69, 9.17) is 5.73 Å². The Balaban J connectivity index is 2.02. The van der Waals surface area contributed by atoms with Crippen molar-refractivity contribution in [3.8, 4) is 0 Å². The van der Waals surface area contributed by atoms with Gasteiger partial charge >= 0.3 is 0 Å². The molecule has 1 fully saturated rings. The maximum Gasteiger partial charge on any atom is 0.179 e. The summed E-state index contributed by atoms with van der Waals surface area (Å²) in [7, 11) is 0. The Morgan fingerprint density at radius 3 is 2.50 bits per heavy atom. The lowest BCUT2D eigenvalue weighted by Gasteiger charge is -2.20. The van der Waals surface area contributed by atoms with Crippen molar-refractivity contribution < 1.29 is 4.79 Å². The zero-order valence-electron chi connectivity index (χ0n) is 11.0. The molecule has 0 radical (unpaired) electrons. The normalized spacial score (nSPS) is 17.8. The van der Waals surface area contributed by atoms with Crippen LogP contribution in [0.15, 0.2) is 24.3 Å². The molecule has 3 heteroatoms. The van der Waals surface area contributed by atoms with Crippen molar-refractivity contribution in [2.45, 2.75) is 51.1 Å². The number of anilines is 1. The van der Waals surface area contributed by atoms with Crippen LogP contribution in [-0.4, -0.2) is 17.9 Å². The van der Waals surface area contributed by atoms with Gasteiger partial charge in [0.15, 0.2) is 5.78 Å². The fourth-order valence-electron chi connectivity index (χ4n) is 2.60. The Kier molecular flexibility index (Phi) is 4.37. The van der Waals surface area contributed by atoms with Gasteiger partial charge in [-0.2, -0.15) is 0 Å². The highest BCUT2D eigenvalue weighted by atomic mass is 16.1. The Morgan fingerprint density at radius 1 is 1.33 bits per heavy atom. The summed E-state index contributed by atoms with van der Waals surface area (Å²) in [5.74, 6) is 0.185. The van der Waals surface area contributed by atoms with Crippen LogP contribution in [0.5, 0.6) is 0 Å². The second-order valence-electron chi connectivity index (χ2n) is 5.10. The van der Waals surface area contributed by atoms with Crippen molar-refractivity contribution in [1.82, 2.24) is 5.32 Å². The molecule has 1 aliphatic rings. The summed E-state index contributed by atoms with van der Waals surface area (Å²) in [5.41, 5.74) is 7.09. The van der Waals surface area contributed by atoms with E-state index in [0.717, 1.165) is 12.0 Å². The molecule has 0 spiro atoms. The van der Waals surface area contributed by atoms with Gasteiger partial charge in [0.25, 0.3) is 0 Å². The number of Topliss-reactive ketones (excluding diaryl/α,β-unsaturated/α-hetero) is 1. The van der Waals surface area contributed by atoms with Crippen LogP contribution in [0.3, 0.4) is 0 Å². The van der Waals surface area contributed by atoms with Gasteiger partial charge in [0.1, 0.15) is 0 Å². The summed E-state index contributed by atoms with van der Waals surface area (Å²) in [6.45, 7) is 2.06. The fraction of sp³-hybridized carbons (Fsp3) is 0.533. The second-order valence-corrected chi connectivity index (χ2v) is 5.10. The number of rotatable bonds is 5. The number of nitrogens with two attached hydrogens (primary N) is 1. The average molecular weight is 246 g/mol. The Labute approximate surface area is 109 Å². The summed E-state index contributed by atoms with van der Waals surface area (Å²) in [6.07, 6.45) is 5.80. The van der Waals surface area contributed by atoms with Gasteiger partial charge in [0.2, 0.25) is 0 Å². The first-order chi connectivity index (χ1) is 8.70. The maximum atomic E-state index is 12.4. The van der Waals surface area contributed by atoms with Crippen LogP contribution in [-0.2, 0) is 0 Å².